The van der Waals surface area contributed by atoms with E-state index >= 15 is 0 Å². The predicted molar refractivity (Wildman–Crippen MR) is 99.5 cm³/mol. The standard InChI is InChI=1S/C20H17ClN2O4/c1-12(19(24)23-17-4-2-3-13(7-17)10-22)27-20(25)15-8-14-9-16(21)5-6-18(14)26-11-15/h2-7,9,12,15H,8,11H2,1H3,(H,23,24)/t12-,15-/m1/s1. The molecule has 0 saturated carbocycles. The molecule has 2 atom stereocenters. The number of nitrogens with one attached hydrogen (secondary N) is 1. The van der Waals surface area contributed by atoms with Gasteiger partial charge in [0.1, 0.15) is 12.4 Å². The fraction of sp³-hybridized carbons (Fsp3) is 0.250. The van der Waals surface area contributed by atoms with Gasteiger partial charge in [0.05, 0.1) is 17.6 Å². The van der Waals surface area contributed by atoms with Crippen LogP contribution in [0.1, 0.15) is 18.1 Å². The van der Waals surface area contributed by atoms with Gasteiger partial charge in [-0.3, -0.25) is 9.59 Å². The zero-order chi connectivity index (χ0) is 19.4. The van der Waals surface area contributed by atoms with Crippen molar-refractivity contribution < 1.29 is 19.1 Å². The number of ether oxygens (including phenoxy) is 2. The van der Waals surface area contributed by atoms with E-state index in [2.05, 4.69) is 5.32 Å². The van der Waals surface area contributed by atoms with E-state index in [1.54, 1.807) is 42.5 Å². The molecular formula is C20H17ClN2O4. The summed E-state index contributed by atoms with van der Waals surface area (Å²) in [6.07, 6.45) is -0.545. The fourth-order valence-corrected chi connectivity index (χ4v) is 2.94. The molecule has 0 unspecified atom stereocenters. The Morgan fingerprint density at radius 3 is 2.93 bits per heavy atom. The van der Waals surface area contributed by atoms with E-state index in [1.165, 1.54) is 6.92 Å². The molecule has 3 rings (SSSR count). The number of anilines is 1. The number of nitrogens with zero attached hydrogens (tertiary/aromatic N) is 1. The summed E-state index contributed by atoms with van der Waals surface area (Å²) < 4.78 is 10.9. The highest BCUT2D eigenvalue weighted by Gasteiger charge is 2.30. The van der Waals surface area contributed by atoms with Crippen LogP contribution in [-0.4, -0.2) is 24.6 Å². The first-order chi connectivity index (χ1) is 13.0. The van der Waals surface area contributed by atoms with E-state index in [4.69, 9.17) is 26.3 Å². The number of esters is 1. The summed E-state index contributed by atoms with van der Waals surface area (Å²) in [6.45, 7) is 1.68. The number of fused-ring (bicyclic) bond motifs is 1. The lowest BCUT2D eigenvalue weighted by atomic mass is 9.97. The molecule has 6 nitrogen and oxygen atoms in total. The summed E-state index contributed by atoms with van der Waals surface area (Å²) in [5, 5.41) is 12.1. The smallest absolute Gasteiger partial charge is 0.313 e. The molecule has 0 aromatic heterocycles. The summed E-state index contributed by atoms with van der Waals surface area (Å²) >= 11 is 5.98. The molecule has 0 aliphatic carbocycles. The molecule has 7 heteroatoms. The highest BCUT2D eigenvalue weighted by molar-refractivity contribution is 6.30. The first-order valence-electron chi connectivity index (χ1n) is 8.39. The molecule has 2 aromatic carbocycles. The largest absolute Gasteiger partial charge is 0.492 e. The SMILES string of the molecule is C[C@@H](OC(=O)[C@H]1COc2ccc(Cl)cc2C1)C(=O)Nc1cccc(C#N)c1. The second kappa shape index (κ2) is 8.11. The van der Waals surface area contributed by atoms with Gasteiger partial charge in [-0.05, 0) is 55.3 Å². The van der Waals surface area contributed by atoms with Gasteiger partial charge in [-0.25, -0.2) is 0 Å². The van der Waals surface area contributed by atoms with Gasteiger partial charge in [0, 0.05) is 10.7 Å². The maximum atomic E-state index is 12.4. The maximum Gasteiger partial charge on any atom is 0.313 e. The minimum absolute atomic E-state index is 0.187. The summed E-state index contributed by atoms with van der Waals surface area (Å²) in [5.74, 6) is -0.785. The van der Waals surface area contributed by atoms with Crippen LogP contribution in [0.2, 0.25) is 5.02 Å². The number of carbonyl (C=O) groups excluding carboxylic acids is 2. The van der Waals surface area contributed by atoms with E-state index in [0.29, 0.717) is 28.4 Å². The first-order valence-corrected chi connectivity index (χ1v) is 8.77. The molecule has 1 aliphatic heterocycles. The number of halogens is 1. The van der Waals surface area contributed by atoms with Crippen molar-refractivity contribution in [3.63, 3.8) is 0 Å². The Morgan fingerprint density at radius 1 is 1.33 bits per heavy atom. The molecule has 27 heavy (non-hydrogen) atoms. The minimum Gasteiger partial charge on any atom is -0.492 e. The quantitative estimate of drug-likeness (QED) is 0.817. The van der Waals surface area contributed by atoms with E-state index < -0.39 is 23.9 Å². The van der Waals surface area contributed by atoms with Crippen molar-refractivity contribution in [3.8, 4) is 11.8 Å². The third kappa shape index (κ3) is 4.57. The van der Waals surface area contributed by atoms with Gasteiger partial charge in [-0.2, -0.15) is 5.26 Å². The molecule has 0 spiro atoms. The van der Waals surface area contributed by atoms with Crippen LogP contribution < -0.4 is 10.1 Å². The topological polar surface area (TPSA) is 88.4 Å². The van der Waals surface area contributed by atoms with Gasteiger partial charge < -0.3 is 14.8 Å². The Kier molecular flexibility index (Phi) is 5.63. The second-order valence-corrected chi connectivity index (χ2v) is 6.66. The molecule has 2 aromatic rings. The average Bonchev–Trinajstić information content (AvgIpc) is 2.67. The molecule has 1 heterocycles. The summed E-state index contributed by atoms with van der Waals surface area (Å²) in [6, 6.07) is 13.7. The fourth-order valence-electron chi connectivity index (χ4n) is 2.75. The third-order valence-electron chi connectivity index (χ3n) is 4.18. The molecule has 1 aliphatic rings. The normalized spacial score (nSPS) is 16.3. The number of hydrogen-bond acceptors (Lipinski definition) is 5. The Hall–Kier alpha value is -3.04. The maximum absolute atomic E-state index is 12.4. The average molecular weight is 385 g/mol. The third-order valence-corrected chi connectivity index (χ3v) is 4.42. The van der Waals surface area contributed by atoms with Gasteiger partial charge in [0.25, 0.3) is 5.91 Å². The van der Waals surface area contributed by atoms with Crippen LogP contribution in [-0.2, 0) is 20.7 Å². The van der Waals surface area contributed by atoms with Crippen LogP contribution in [0.3, 0.4) is 0 Å². The van der Waals surface area contributed by atoms with Gasteiger partial charge in [0.2, 0.25) is 0 Å². The van der Waals surface area contributed by atoms with E-state index in [1.807, 2.05) is 6.07 Å². The number of amides is 1. The van der Waals surface area contributed by atoms with Crippen molar-refractivity contribution in [1.82, 2.24) is 0 Å². The van der Waals surface area contributed by atoms with E-state index in [-0.39, 0.29) is 6.61 Å². The van der Waals surface area contributed by atoms with Gasteiger partial charge in [-0.1, -0.05) is 17.7 Å². The summed E-state index contributed by atoms with van der Waals surface area (Å²) in [4.78, 5) is 24.7. The number of carbonyl (C=O) groups is 2. The van der Waals surface area contributed by atoms with Crippen LogP contribution in [0.15, 0.2) is 42.5 Å². The van der Waals surface area contributed by atoms with Crippen LogP contribution in [0, 0.1) is 17.2 Å². The Labute approximate surface area is 161 Å². The molecular weight excluding hydrogens is 368 g/mol. The first kappa shape index (κ1) is 18.7. The number of rotatable bonds is 4. The van der Waals surface area contributed by atoms with E-state index in [9.17, 15) is 9.59 Å². The lowest BCUT2D eigenvalue weighted by molar-refractivity contribution is -0.158. The van der Waals surface area contributed by atoms with Crippen molar-refractivity contribution >= 4 is 29.2 Å². The van der Waals surface area contributed by atoms with Crippen LogP contribution >= 0.6 is 11.6 Å². The van der Waals surface area contributed by atoms with Crippen molar-refractivity contribution in [3.05, 3.63) is 58.6 Å². The highest BCUT2D eigenvalue weighted by Crippen LogP contribution is 2.30. The number of benzene rings is 2. The van der Waals surface area contributed by atoms with Crippen molar-refractivity contribution in [2.75, 3.05) is 11.9 Å². The van der Waals surface area contributed by atoms with Crippen molar-refractivity contribution in [1.29, 1.82) is 5.26 Å². The molecule has 138 valence electrons. The van der Waals surface area contributed by atoms with Crippen LogP contribution in [0.4, 0.5) is 5.69 Å². The zero-order valence-corrected chi connectivity index (χ0v) is 15.3. The number of nitriles is 1. The predicted octanol–water partition coefficient (Wildman–Crippen LogP) is 3.33. The van der Waals surface area contributed by atoms with Gasteiger partial charge >= 0.3 is 5.97 Å². The molecule has 0 bridgehead atoms. The van der Waals surface area contributed by atoms with Gasteiger partial charge in [0.15, 0.2) is 6.10 Å². The lowest BCUT2D eigenvalue weighted by Gasteiger charge is -2.25. The molecule has 0 radical (unpaired) electrons. The molecule has 0 saturated heterocycles. The minimum atomic E-state index is -0.982. The number of hydrogen-bond donors (Lipinski definition) is 1. The Bertz CT molecular complexity index is 922. The highest BCUT2D eigenvalue weighted by atomic mass is 35.5. The van der Waals surface area contributed by atoms with Crippen molar-refractivity contribution in [2.24, 2.45) is 5.92 Å². The van der Waals surface area contributed by atoms with E-state index in [0.717, 1.165) is 5.56 Å². The molecule has 1 amide bonds. The molecule has 1 N–H and O–H groups in total. The Morgan fingerprint density at radius 2 is 2.15 bits per heavy atom. The monoisotopic (exact) mass is 384 g/mol. The summed E-state index contributed by atoms with van der Waals surface area (Å²) in [7, 11) is 0. The molecule has 0 fully saturated rings. The van der Waals surface area contributed by atoms with Crippen LogP contribution in [0.25, 0.3) is 0 Å². The van der Waals surface area contributed by atoms with Crippen LogP contribution in [0.5, 0.6) is 5.75 Å². The summed E-state index contributed by atoms with van der Waals surface area (Å²) in [5.41, 5.74) is 1.72. The lowest BCUT2D eigenvalue weighted by Crippen LogP contribution is -2.36. The van der Waals surface area contributed by atoms with Gasteiger partial charge in [-0.15, -0.1) is 0 Å². The zero-order valence-electron chi connectivity index (χ0n) is 14.6. The van der Waals surface area contributed by atoms with Crippen molar-refractivity contribution in [2.45, 2.75) is 19.4 Å². The Balaban J connectivity index is 1.58. The second-order valence-electron chi connectivity index (χ2n) is 6.23.